The van der Waals surface area contributed by atoms with Crippen LogP contribution in [-0.2, 0) is 33.6 Å². The van der Waals surface area contributed by atoms with Gasteiger partial charge in [-0.2, -0.15) is 0 Å². The molecule has 11 N–H and O–H groups in total. The minimum Gasteiger partial charge on any atom is -0.480 e. The quantitative estimate of drug-likeness (QED) is 0.0376. The van der Waals surface area contributed by atoms with Gasteiger partial charge in [-0.05, 0) is 25.7 Å². The van der Waals surface area contributed by atoms with Crippen molar-refractivity contribution in [1.82, 2.24) is 21.3 Å². The molecule has 4 amide bonds. The number of carbonyl (C=O) groups is 7. The Morgan fingerprint density at radius 2 is 0.977 bits per heavy atom. The molecule has 6 atom stereocenters. The molecular formula is C25H42N4O14. The first-order chi connectivity index (χ1) is 20.2. The molecule has 0 aliphatic carbocycles. The van der Waals surface area contributed by atoms with E-state index >= 15 is 0 Å². The molecule has 246 valence electrons. The highest BCUT2D eigenvalue weighted by atomic mass is 16.5. The number of rotatable bonds is 23. The molecule has 0 bridgehead atoms. The first kappa shape index (κ1) is 39.5. The third kappa shape index (κ3) is 16.0. The summed E-state index contributed by atoms with van der Waals surface area (Å²) in [6.45, 7) is 0.0855. The van der Waals surface area contributed by atoms with Gasteiger partial charge in [0, 0.05) is 31.1 Å². The number of hydrogen-bond acceptors (Lipinski definition) is 13. The van der Waals surface area contributed by atoms with Crippen LogP contribution in [0.15, 0.2) is 0 Å². The lowest BCUT2D eigenvalue weighted by Crippen LogP contribution is -2.58. The van der Waals surface area contributed by atoms with Gasteiger partial charge in [-0.1, -0.05) is 6.92 Å². The second-order valence-electron chi connectivity index (χ2n) is 9.74. The second kappa shape index (κ2) is 21.2. The molecule has 0 fully saturated rings. The van der Waals surface area contributed by atoms with Crippen LogP contribution < -0.4 is 21.3 Å². The molecule has 43 heavy (non-hydrogen) atoms. The summed E-state index contributed by atoms with van der Waals surface area (Å²) in [7, 11) is 0. The van der Waals surface area contributed by atoms with Crippen LogP contribution in [0.2, 0.25) is 0 Å². The SMILES string of the molecule is CCC(=O)N[C@@H](CC(C=O)CO)C(=O)N[C@@H](CCC(O)O)C(=O)N[C@@H](CC(C=O)CO)C(=O)N[C@@H](CCC(O)O)C(=O)O. The fraction of sp³-hybridized carbons (Fsp3) is 0.720. The highest BCUT2D eigenvalue weighted by Crippen LogP contribution is 2.11. The van der Waals surface area contributed by atoms with Crippen molar-refractivity contribution in [1.29, 1.82) is 0 Å². The van der Waals surface area contributed by atoms with Crippen LogP contribution >= 0.6 is 0 Å². The summed E-state index contributed by atoms with van der Waals surface area (Å²) < 4.78 is 0. The number of aldehydes is 2. The van der Waals surface area contributed by atoms with Crippen molar-refractivity contribution in [3.05, 3.63) is 0 Å². The van der Waals surface area contributed by atoms with Gasteiger partial charge in [0.2, 0.25) is 23.6 Å². The average Bonchev–Trinajstić information content (AvgIpc) is 2.96. The number of carboxylic acids is 1. The van der Waals surface area contributed by atoms with Gasteiger partial charge in [0.1, 0.15) is 36.7 Å². The first-order valence-electron chi connectivity index (χ1n) is 13.5. The fourth-order valence-corrected chi connectivity index (χ4v) is 3.69. The zero-order chi connectivity index (χ0) is 33.1. The zero-order valence-corrected chi connectivity index (χ0v) is 23.6. The molecule has 0 heterocycles. The van der Waals surface area contributed by atoms with Crippen molar-refractivity contribution in [2.45, 2.75) is 88.6 Å². The Morgan fingerprint density at radius 1 is 0.605 bits per heavy atom. The summed E-state index contributed by atoms with van der Waals surface area (Å²) in [5.41, 5.74) is 0. The lowest BCUT2D eigenvalue weighted by Gasteiger charge is -2.27. The summed E-state index contributed by atoms with van der Waals surface area (Å²) in [6.07, 6.45) is -5.84. The van der Waals surface area contributed by atoms with Crippen molar-refractivity contribution < 1.29 is 69.3 Å². The van der Waals surface area contributed by atoms with Crippen LogP contribution in [0, 0.1) is 11.8 Å². The summed E-state index contributed by atoms with van der Waals surface area (Å²) in [4.78, 5) is 85.4. The zero-order valence-electron chi connectivity index (χ0n) is 23.6. The molecule has 0 aromatic rings. The van der Waals surface area contributed by atoms with E-state index in [0.717, 1.165) is 0 Å². The smallest absolute Gasteiger partial charge is 0.326 e. The standard InChI is InChI=1S/C25H42N4O14/c1-2-19(34)26-17(7-13(9-30)10-31)23(40)27-15(3-5-20(35)36)22(39)29-18(8-14(11-32)12-33)24(41)28-16(25(42)43)4-6-21(37)38/h9,11,13-18,20-21,31,33,35-38H,2-8,10,12H2,1H3,(H,26,34)(H,27,40)(H,28,41)(H,29,39)(H,42,43)/t13?,14?,15-,16-,17-,18-/m0/s1. The Morgan fingerprint density at radius 3 is 1.35 bits per heavy atom. The third-order valence-corrected chi connectivity index (χ3v) is 6.21. The number of carbonyl (C=O) groups excluding carboxylic acids is 6. The van der Waals surface area contributed by atoms with E-state index in [1.165, 1.54) is 6.92 Å². The summed E-state index contributed by atoms with van der Waals surface area (Å²) in [5, 5.41) is 73.8. The molecule has 0 radical (unpaired) electrons. The first-order valence-corrected chi connectivity index (χ1v) is 13.5. The molecule has 0 rings (SSSR count). The molecule has 2 unspecified atom stereocenters. The monoisotopic (exact) mass is 622 g/mol. The lowest BCUT2D eigenvalue weighted by molar-refractivity contribution is -0.143. The van der Waals surface area contributed by atoms with E-state index in [9.17, 15) is 59.1 Å². The summed E-state index contributed by atoms with van der Waals surface area (Å²) in [6, 6.07) is -6.32. The van der Waals surface area contributed by atoms with Gasteiger partial charge >= 0.3 is 5.97 Å². The Kier molecular flexibility index (Phi) is 19.4. The van der Waals surface area contributed by atoms with Crippen molar-refractivity contribution in [3.63, 3.8) is 0 Å². The lowest BCUT2D eigenvalue weighted by atomic mass is 9.99. The molecule has 0 aliphatic heterocycles. The third-order valence-electron chi connectivity index (χ3n) is 6.21. The number of nitrogens with one attached hydrogen (secondary N) is 4. The molecule has 18 nitrogen and oxygen atoms in total. The van der Waals surface area contributed by atoms with Crippen molar-refractivity contribution in [2.75, 3.05) is 13.2 Å². The Balaban J connectivity index is 6.12. The minimum atomic E-state index is -1.93. The summed E-state index contributed by atoms with van der Waals surface area (Å²) in [5.74, 6) is -7.64. The van der Waals surface area contributed by atoms with Gasteiger partial charge in [0.15, 0.2) is 12.6 Å². The van der Waals surface area contributed by atoms with E-state index in [2.05, 4.69) is 21.3 Å². The van der Waals surface area contributed by atoms with Gasteiger partial charge < -0.3 is 66.6 Å². The molecule has 0 saturated heterocycles. The molecule has 0 aromatic heterocycles. The van der Waals surface area contributed by atoms with Crippen LogP contribution in [-0.4, -0.2) is 128 Å². The largest absolute Gasteiger partial charge is 0.480 e. The van der Waals surface area contributed by atoms with E-state index < -0.39 is 123 Å². The second-order valence-corrected chi connectivity index (χ2v) is 9.74. The number of aliphatic carboxylic acids is 1. The van der Waals surface area contributed by atoms with E-state index in [1.54, 1.807) is 0 Å². The van der Waals surface area contributed by atoms with Crippen molar-refractivity contribution >= 4 is 42.2 Å². The number of amides is 4. The number of carboxylic acid groups (broad SMARTS) is 1. The number of hydrogen-bond donors (Lipinski definition) is 11. The number of aliphatic hydroxyl groups is 6. The van der Waals surface area contributed by atoms with Gasteiger partial charge in [-0.25, -0.2) is 4.79 Å². The average molecular weight is 623 g/mol. The molecule has 0 spiro atoms. The van der Waals surface area contributed by atoms with E-state index in [4.69, 9.17) is 10.2 Å². The van der Waals surface area contributed by atoms with Gasteiger partial charge in [-0.15, -0.1) is 0 Å². The van der Waals surface area contributed by atoms with Crippen molar-refractivity contribution in [3.8, 4) is 0 Å². The minimum absolute atomic E-state index is 0.0522. The summed E-state index contributed by atoms with van der Waals surface area (Å²) >= 11 is 0. The molecule has 0 saturated carbocycles. The Hall–Kier alpha value is -3.55. The normalized spacial score (nSPS) is 15.4. The highest BCUT2D eigenvalue weighted by Gasteiger charge is 2.33. The molecular weight excluding hydrogens is 580 g/mol. The topological polar surface area (TPSA) is 309 Å². The van der Waals surface area contributed by atoms with Crippen molar-refractivity contribution in [2.24, 2.45) is 11.8 Å². The molecule has 0 aromatic carbocycles. The maximum atomic E-state index is 13.2. The maximum absolute atomic E-state index is 13.2. The predicted molar refractivity (Wildman–Crippen MR) is 143 cm³/mol. The molecule has 18 heteroatoms. The molecule has 0 aliphatic rings. The highest BCUT2D eigenvalue weighted by molar-refractivity contribution is 5.95. The van der Waals surface area contributed by atoms with Crippen LogP contribution in [0.25, 0.3) is 0 Å². The van der Waals surface area contributed by atoms with E-state index in [-0.39, 0.29) is 19.1 Å². The van der Waals surface area contributed by atoms with Gasteiger partial charge in [-0.3, -0.25) is 19.2 Å². The fourth-order valence-electron chi connectivity index (χ4n) is 3.69. The number of aliphatic hydroxyl groups excluding tert-OH is 4. The van der Waals surface area contributed by atoms with E-state index in [1.807, 2.05) is 0 Å². The predicted octanol–water partition coefficient (Wildman–Crippen LogP) is -5.00. The van der Waals surface area contributed by atoms with Crippen LogP contribution in [0.3, 0.4) is 0 Å². The van der Waals surface area contributed by atoms with E-state index in [0.29, 0.717) is 6.29 Å². The van der Waals surface area contributed by atoms with Crippen LogP contribution in [0.5, 0.6) is 0 Å². The Labute approximate surface area is 246 Å². The Bertz CT molecular complexity index is 932. The maximum Gasteiger partial charge on any atom is 0.326 e. The van der Waals surface area contributed by atoms with Crippen LogP contribution in [0.1, 0.15) is 51.9 Å². The van der Waals surface area contributed by atoms with Gasteiger partial charge in [0.25, 0.3) is 0 Å². The van der Waals surface area contributed by atoms with Crippen LogP contribution in [0.4, 0.5) is 0 Å². The van der Waals surface area contributed by atoms with Gasteiger partial charge in [0.05, 0.1) is 13.2 Å².